The van der Waals surface area contributed by atoms with E-state index in [1.165, 1.54) is 18.0 Å². The number of nitrogens with zero attached hydrogens (tertiary/aromatic N) is 4. The van der Waals surface area contributed by atoms with Crippen molar-refractivity contribution in [3.05, 3.63) is 75.8 Å². The zero-order chi connectivity index (χ0) is 33.1. The second-order valence-electron chi connectivity index (χ2n) is 12.2. The van der Waals surface area contributed by atoms with E-state index in [0.717, 1.165) is 6.07 Å². The highest BCUT2D eigenvalue weighted by molar-refractivity contribution is 8.01. The topological polar surface area (TPSA) is 158 Å². The van der Waals surface area contributed by atoms with Gasteiger partial charge in [-0.2, -0.15) is 0 Å². The summed E-state index contributed by atoms with van der Waals surface area (Å²) in [6.45, 7) is 7.18. The van der Waals surface area contributed by atoms with Gasteiger partial charge in [0.15, 0.2) is 0 Å². The van der Waals surface area contributed by atoms with Gasteiger partial charge in [-0.05, 0) is 38.5 Å². The minimum atomic E-state index is -1.37. The van der Waals surface area contributed by atoms with Crippen molar-refractivity contribution in [3.8, 4) is 0 Å². The zero-order valence-electron chi connectivity index (χ0n) is 25.6. The lowest BCUT2D eigenvalue weighted by Crippen LogP contribution is -2.72. The van der Waals surface area contributed by atoms with Crippen LogP contribution in [0.15, 0.2) is 53.5 Å². The Bertz CT molecular complexity index is 1810. The Balaban J connectivity index is 1.14. The number of piperazine rings is 1. The number of rotatable bonds is 7. The highest BCUT2D eigenvalue weighted by atomic mass is 32.2. The highest BCUT2D eigenvalue weighted by Crippen LogP contribution is 2.51. The Labute approximate surface area is 268 Å². The molecule has 2 aromatic carbocycles. The Morgan fingerprint density at radius 1 is 1.11 bits per heavy atom. The van der Waals surface area contributed by atoms with Crippen molar-refractivity contribution in [3.63, 3.8) is 0 Å². The fourth-order valence-corrected chi connectivity index (χ4v) is 8.22. The van der Waals surface area contributed by atoms with E-state index < -0.39 is 56.9 Å². The molecule has 242 valence electrons. The lowest BCUT2D eigenvalue weighted by molar-refractivity contribution is -0.158. The zero-order valence-corrected chi connectivity index (χ0v) is 26.4. The number of hydrogen-bond donors (Lipinski definition) is 3. The first-order valence-corrected chi connectivity index (χ1v) is 16.0. The van der Waals surface area contributed by atoms with Gasteiger partial charge in [0.25, 0.3) is 0 Å². The van der Waals surface area contributed by atoms with Crippen LogP contribution in [-0.4, -0.2) is 91.5 Å². The molecule has 1 aromatic heterocycles. The van der Waals surface area contributed by atoms with Crippen LogP contribution in [0, 0.1) is 5.82 Å². The number of carbonyl (C=O) groups excluding carboxylic acids is 3. The third kappa shape index (κ3) is 5.18. The predicted octanol–water partition coefficient (Wildman–Crippen LogP) is 1.75. The van der Waals surface area contributed by atoms with E-state index in [2.05, 4.69) is 5.32 Å². The molecule has 3 aromatic rings. The van der Waals surface area contributed by atoms with E-state index in [1.807, 2.05) is 19.9 Å². The summed E-state index contributed by atoms with van der Waals surface area (Å²) in [4.78, 5) is 69.4. The number of aromatic carboxylic acids is 1. The lowest BCUT2D eigenvalue weighted by atomic mass is 9.94. The molecule has 0 spiro atoms. The number of carboxylic acid groups (broad SMARTS) is 1. The molecule has 0 radical (unpaired) electrons. The minimum absolute atomic E-state index is 0.0110. The third-order valence-corrected chi connectivity index (χ3v) is 10.6. The maximum Gasteiger partial charge on any atom is 0.341 e. The fraction of sp³-hybridized carbons (Fsp3) is 0.406. The Morgan fingerprint density at radius 3 is 2.41 bits per heavy atom. The van der Waals surface area contributed by atoms with Gasteiger partial charge in [0, 0.05) is 49.1 Å². The lowest BCUT2D eigenvalue weighted by Gasteiger charge is -2.46. The highest BCUT2D eigenvalue weighted by Gasteiger charge is 2.64. The first-order chi connectivity index (χ1) is 21.8. The van der Waals surface area contributed by atoms with Gasteiger partial charge >= 0.3 is 5.97 Å². The maximum absolute atomic E-state index is 15.4. The molecule has 4 heterocycles. The van der Waals surface area contributed by atoms with Crippen LogP contribution in [-0.2, 0) is 20.9 Å². The average Bonchev–Trinajstić information content (AvgIpc) is 3.30. The SMILES string of the molecule is CCn1cc(C(=O)O)c(=O)c2cc(F)c(N3CCN(C(=O)C4N5C(=O)[C@@H](NC(=O)C(N)c6ccccc6)[C@H]5SC4(C)C)CC3)cc21. The maximum atomic E-state index is 15.4. The molecule has 4 atom stereocenters. The number of aryl methyl sites for hydroxylation is 1. The number of carbonyl (C=O) groups is 4. The molecule has 2 unspecified atom stereocenters. The van der Waals surface area contributed by atoms with E-state index >= 15 is 4.39 Å². The number of thioether (sulfide) groups is 1. The molecule has 12 nitrogen and oxygen atoms in total. The van der Waals surface area contributed by atoms with Crippen molar-refractivity contribution in [2.24, 2.45) is 5.73 Å². The molecule has 46 heavy (non-hydrogen) atoms. The number of nitrogens with one attached hydrogen (secondary N) is 1. The van der Waals surface area contributed by atoms with Crippen LogP contribution >= 0.6 is 11.8 Å². The molecule has 3 saturated heterocycles. The Kier molecular flexibility index (Phi) is 8.05. The summed E-state index contributed by atoms with van der Waals surface area (Å²) in [5.74, 6) is -3.04. The molecule has 14 heteroatoms. The molecule has 6 rings (SSSR count). The van der Waals surface area contributed by atoms with E-state index in [-0.39, 0.29) is 36.0 Å². The van der Waals surface area contributed by atoms with Gasteiger partial charge in [0.1, 0.15) is 34.9 Å². The van der Waals surface area contributed by atoms with Gasteiger partial charge in [-0.15, -0.1) is 11.8 Å². The molecule has 3 amide bonds. The first-order valence-electron chi connectivity index (χ1n) is 15.1. The monoisotopic (exact) mass is 650 g/mol. The molecule has 0 bridgehead atoms. The van der Waals surface area contributed by atoms with Gasteiger partial charge < -0.3 is 35.4 Å². The summed E-state index contributed by atoms with van der Waals surface area (Å²) in [7, 11) is 0. The summed E-state index contributed by atoms with van der Waals surface area (Å²) in [6.07, 6.45) is 1.27. The quantitative estimate of drug-likeness (QED) is 0.324. The van der Waals surface area contributed by atoms with Crippen LogP contribution in [0.25, 0.3) is 10.9 Å². The molecule has 0 saturated carbocycles. The number of anilines is 1. The number of fused-ring (bicyclic) bond motifs is 2. The van der Waals surface area contributed by atoms with Crippen molar-refractivity contribution < 1.29 is 28.7 Å². The van der Waals surface area contributed by atoms with Crippen molar-refractivity contribution in [1.29, 1.82) is 0 Å². The first kappa shape index (κ1) is 31.5. The van der Waals surface area contributed by atoms with Gasteiger partial charge in [-0.3, -0.25) is 19.2 Å². The normalized spacial score (nSPS) is 22.8. The Morgan fingerprint density at radius 2 is 1.78 bits per heavy atom. The predicted molar refractivity (Wildman–Crippen MR) is 171 cm³/mol. The summed E-state index contributed by atoms with van der Waals surface area (Å²) < 4.78 is 16.4. The molecule has 3 aliphatic heterocycles. The number of aromatic nitrogens is 1. The van der Waals surface area contributed by atoms with Gasteiger partial charge in [-0.25, -0.2) is 9.18 Å². The van der Waals surface area contributed by atoms with Crippen molar-refractivity contribution >= 4 is 52.0 Å². The number of benzene rings is 2. The van der Waals surface area contributed by atoms with Crippen molar-refractivity contribution in [2.45, 2.75) is 55.6 Å². The van der Waals surface area contributed by atoms with Gasteiger partial charge in [0.2, 0.25) is 23.2 Å². The molecule has 0 aliphatic carbocycles. The second-order valence-corrected chi connectivity index (χ2v) is 14.0. The Hall–Kier alpha value is -4.43. The number of amides is 3. The smallest absolute Gasteiger partial charge is 0.341 e. The minimum Gasteiger partial charge on any atom is -0.477 e. The standard InChI is InChI=1S/C32H35FN6O6S/c1-4-36-16-19(31(44)45)25(40)18-14-20(33)22(15-21(18)36)37-10-12-38(13-11-37)29(43)26-32(2,3)46-30-24(28(42)39(26)30)35-27(41)23(34)17-8-6-5-7-9-17/h5-9,14-16,23-24,26,30H,4,10-13,34H2,1-3H3,(H,35,41)(H,44,45)/t23?,24-,26?,30-/m1/s1. The third-order valence-electron chi connectivity index (χ3n) is 9.07. The van der Waals surface area contributed by atoms with Crippen LogP contribution < -0.4 is 21.4 Å². The van der Waals surface area contributed by atoms with Gasteiger partial charge in [-0.1, -0.05) is 30.3 Å². The number of carboxylic acids is 1. The summed E-state index contributed by atoms with van der Waals surface area (Å²) in [5.41, 5.74) is 6.27. The molecule has 3 fully saturated rings. The summed E-state index contributed by atoms with van der Waals surface area (Å²) in [5, 5.41) is 11.8. The number of hydrogen-bond acceptors (Lipinski definition) is 8. The van der Waals surface area contributed by atoms with E-state index in [0.29, 0.717) is 30.7 Å². The van der Waals surface area contributed by atoms with Crippen LogP contribution in [0.1, 0.15) is 42.7 Å². The van der Waals surface area contributed by atoms with Crippen LogP contribution in [0.2, 0.25) is 0 Å². The molecular formula is C32H35FN6O6S. The van der Waals surface area contributed by atoms with E-state index in [1.54, 1.807) is 56.5 Å². The number of β-lactam (4-membered cyclic amide) rings is 1. The van der Waals surface area contributed by atoms with Crippen molar-refractivity contribution in [1.82, 2.24) is 19.7 Å². The van der Waals surface area contributed by atoms with E-state index in [4.69, 9.17) is 5.73 Å². The molecular weight excluding hydrogens is 615 g/mol. The second kappa shape index (κ2) is 11.7. The fourth-order valence-electron chi connectivity index (χ4n) is 6.60. The largest absolute Gasteiger partial charge is 0.477 e. The van der Waals surface area contributed by atoms with Crippen LogP contribution in [0.5, 0.6) is 0 Å². The average molecular weight is 651 g/mol. The number of halogens is 1. The van der Waals surface area contributed by atoms with E-state index in [9.17, 15) is 29.1 Å². The molecule has 4 N–H and O–H groups in total. The molecule has 3 aliphatic rings. The van der Waals surface area contributed by atoms with Gasteiger partial charge in [0.05, 0.1) is 11.2 Å². The number of pyridine rings is 1. The van der Waals surface area contributed by atoms with Crippen LogP contribution in [0.3, 0.4) is 0 Å². The van der Waals surface area contributed by atoms with Crippen LogP contribution in [0.4, 0.5) is 10.1 Å². The van der Waals surface area contributed by atoms with Crippen molar-refractivity contribution in [2.75, 3.05) is 31.1 Å². The summed E-state index contributed by atoms with van der Waals surface area (Å²) in [6, 6.07) is 9.06. The number of nitrogens with two attached hydrogens (primary N) is 1. The summed E-state index contributed by atoms with van der Waals surface area (Å²) >= 11 is 1.46.